The van der Waals surface area contributed by atoms with Crippen LogP contribution in [0.3, 0.4) is 0 Å². The highest BCUT2D eigenvalue weighted by atomic mass is 28.4. The van der Waals surface area contributed by atoms with Crippen LogP contribution < -0.4 is 0 Å². The van der Waals surface area contributed by atoms with Gasteiger partial charge in [-0.05, 0) is 111 Å². The highest BCUT2D eigenvalue weighted by molar-refractivity contribution is 6.74. The average molecular weight is 763 g/mol. The van der Waals surface area contributed by atoms with E-state index in [1.54, 1.807) is 0 Å². The molecule has 3 aliphatic rings. The molecule has 2 aromatic carbocycles. The molecule has 2 saturated carbocycles. The van der Waals surface area contributed by atoms with Crippen molar-refractivity contribution >= 4 is 20.3 Å². The second-order valence-electron chi connectivity index (χ2n) is 18.4. The molecule has 1 N–H and O–H groups in total. The highest BCUT2D eigenvalue weighted by Crippen LogP contribution is 2.53. The lowest BCUT2D eigenvalue weighted by atomic mass is 9.71. The molecule has 300 valence electrons. The van der Waals surface area contributed by atoms with Crippen molar-refractivity contribution in [2.45, 2.75) is 180 Å². The quantitative estimate of drug-likeness (QED) is 0.0918. The molecule has 54 heavy (non-hydrogen) atoms. The zero-order valence-corrected chi connectivity index (χ0v) is 35.3. The van der Waals surface area contributed by atoms with Crippen LogP contribution in [0.2, 0.25) is 18.1 Å². The SMILES string of the molecule is CC(C)(C)[Si](C)(C)O[C@@H](CC[C@H]1C(OC2CCCCO2)C[C@H](OC(=O)c2ccc(-c3ccccc3)cc2)[C@]1(C)CCCCCCC(=O)O)C1CCCCC1. The highest BCUT2D eigenvalue weighted by Gasteiger charge is 2.55. The Morgan fingerprint density at radius 1 is 0.889 bits per heavy atom. The van der Waals surface area contributed by atoms with E-state index >= 15 is 0 Å². The molecule has 2 aliphatic carbocycles. The van der Waals surface area contributed by atoms with E-state index in [0.717, 1.165) is 75.5 Å². The molecule has 1 aliphatic heterocycles. The fourth-order valence-electron chi connectivity index (χ4n) is 9.07. The van der Waals surface area contributed by atoms with E-state index in [9.17, 15) is 14.7 Å². The van der Waals surface area contributed by atoms with Crippen LogP contribution in [0.1, 0.15) is 147 Å². The summed E-state index contributed by atoms with van der Waals surface area (Å²) < 4.78 is 27.0. The van der Waals surface area contributed by atoms with Crippen molar-refractivity contribution in [2.75, 3.05) is 6.61 Å². The maximum absolute atomic E-state index is 14.0. The molecule has 1 heterocycles. The van der Waals surface area contributed by atoms with E-state index in [0.29, 0.717) is 24.3 Å². The molecule has 8 heteroatoms. The predicted molar refractivity (Wildman–Crippen MR) is 219 cm³/mol. The molecule has 0 bridgehead atoms. The minimum absolute atomic E-state index is 0.0942. The third-order valence-electron chi connectivity index (χ3n) is 13.5. The summed E-state index contributed by atoms with van der Waals surface area (Å²) in [6, 6.07) is 18.0. The van der Waals surface area contributed by atoms with Crippen molar-refractivity contribution in [3.63, 3.8) is 0 Å². The smallest absolute Gasteiger partial charge is 0.338 e. The summed E-state index contributed by atoms with van der Waals surface area (Å²) in [6.07, 6.45) is 16.1. The number of carbonyl (C=O) groups is 2. The fraction of sp³-hybridized carbons (Fsp3) is 0.696. The van der Waals surface area contributed by atoms with Crippen LogP contribution in [0, 0.1) is 17.3 Å². The van der Waals surface area contributed by atoms with E-state index in [4.69, 9.17) is 18.6 Å². The van der Waals surface area contributed by atoms with E-state index in [1.807, 2.05) is 42.5 Å². The largest absolute Gasteiger partial charge is 0.481 e. The number of unbranched alkanes of at least 4 members (excludes halogenated alkanes) is 3. The van der Waals surface area contributed by atoms with Gasteiger partial charge in [-0.3, -0.25) is 4.79 Å². The summed E-state index contributed by atoms with van der Waals surface area (Å²) in [7, 11) is -2.02. The lowest BCUT2D eigenvalue weighted by Crippen LogP contribution is -2.46. The van der Waals surface area contributed by atoms with Crippen LogP contribution in [0.15, 0.2) is 54.6 Å². The van der Waals surface area contributed by atoms with Crippen LogP contribution in [-0.2, 0) is 23.4 Å². The van der Waals surface area contributed by atoms with Crippen LogP contribution in [0.4, 0.5) is 0 Å². The van der Waals surface area contributed by atoms with Crippen molar-refractivity contribution in [1.82, 2.24) is 0 Å². The lowest BCUT2D eigenvalue weighted by molar-refractivity contribution is -0.198. The Balaban J connectivity index is 1.40. The second-order valence-corrected chi connectivity index (χ2v) is 23.1. The lowest BCUT2D eigenvalue weighted by Gasteiger charge is -2.44. The zero-order valence-electron chi connectivity index (χ0n) is 34.3. The molecule has 0 aromatic heterocycles. The number of hydrogen-bond acceptors (Lipinski definition) is 6. The Bertz CT molecular complexity index is 1440. The summed E-state index contributed by atoms with van der Waals surface area (Å²) >= 11 is 0. The van der Waals surface area contributed by atoms with Gasteiger partial charge in [0, 0.05) is 31.0 Å². The standard InChI is InChI=1S/C46H70O7Si/c1-45(2,3)54(5,6)53-39(36-21-13-10-14-22-36)30-29-38-40(51-43-24-16-18-32-50-43)33-41(46(38,4)31-17-8-7-15-23-42(47)48)52-44(49)37-27-25-35(26-28-37)34-19-11-9-12-20-34/h9,11-12,19-20,25-28,36,38-41,43H,7-8,10,13-18,21-24,29-33H2,1-6H3,(H,47,48)/t38-,39-,40?,41-,43?,46+/m0/s1. The molecule has 6 atom stereocenters. The van der Waals surface area contributed by atoms with Gasteiger partial charge < -0.3 is 23.7 Å². The summed E-state index contributed by atoms with van der Waals surface area (Å²) in [6.45, 7) is 14.8. The van der Waals surface area contributed by atoms with Crippen molar-refractivity contribution in [3.05, 3.63) is 60.2 Å². The first kappa shape index (κ1) is 42.6. The van der Waals surface area contributed by atoms with Gasteiger partial charge in [0.1, 0.15) is 6.10 Å². The van der Waals surface area contributed by atoms with Gasteiger partial charge in [-0.15, -0.1) is 0 Å². The Kier molecular flexibility index (Phi) is 15.4. The topological polar surface area (TPSA) is 91.3 Å². The molecule has 2 aromatic rings. The first-order chi connectivity index (χ1) is 25.8. The van der Waals surface area contributed by atoms with E-state index < -0.39 is 14.3 Å². The normalized spacial score (nSPS) is 26.0. The maximum Gasteiger partial charge on any atom is 0.338 e. The molecule has 5 rings (SSSR count). The first-order valence-corrected chi connectivity index (χ1v) is 24.2. The Morgan fingerprint density at radius 2 is 1.56 bits per heavy atom. The third-order valence-corrected chi connectivity index (χ3v) is 18.0. The van der Waals surface area contributed by atoms with Gasteiger partial charge in [0.2, 0.25) is 0 Å². The van der Waals surface area contributed by atoms with Crippen molar-refractivity contribution in [2.24, 2.45) is 17.3 Å². The molecule has 2 unspecified atom stereocenters. The van der Waals surface area contributed by atoms with Crippen molar-refractivity contribution < 1.29 is 33.3 Å². The number of esters is 1. The van der Waals surface area contributed by atoms with Crippen LogP contribution in [-0.4, -0.2) is 56.6 Å². The van der Waals surface area contributed by atoms with Crippen LogP contribution >= 0.6 is 0 Å². The average Bonchev–Trinajstić information content (AvgIpc) is 3.40. The van der Waals surface area contributed by atoms with Gasteiger partial charge in [-0.25, -0.2) is 4.79 Å². The van der Waals surface area contributed by atoms with Crippen molar-refractivity contribution in [3.8, 4) is 11.1 Å². The Hall–Kier alpha value is -2.52. The summed E-state index contributed by atoms with van der Waals surface area (Å²) in [5.41, 5.74) is 2.41. The summed E-state index contributed by atoms with van der Waals surface area (Å²) in [5.74, 6) is -0.293. The second kappa shape index (κ2) is 19.6. The molecular formula is C46H70O7Si. The molecule has 0 amide bonds. The molecule has 3 fully saturated rings. The minimum atomic E-state index is -2.02. The summed E-state index contributed by atoms with van der Waals surface area (Å²) in [4.78, 5) is 25.2. The Morgan fingerprint density at radius 3 is 2.20 bits per heavy atom. The number of ether oxygens (including phenoxy) is 3. The van der Waals surface area contributed by atoms with Crippen LogP contribution in [0.5, 0.6) is 0 Å². The molecule has 0 radical (unpaired) electrons. The summed E-state index contributed by atoms with van der Waals surface area (Å²) in [5, 5.41) is 9.33. The number of aliphatic carboxylic acids is 1. The number of benzene rings is 2. The maximum atomic E-state index is 14.0. The number of hydrogen-bond donors (Lipinski definition) is 1. The van der Waals surface area contributed by atoms with Gasteiger partial charge >= 0.3 is 11.9 Å². The van der Waals surface area contributed by atoms with E-state index in [2.05, 4.69) is 52.9 Å². The zero-order chi connectivity index (χ0) is 38.8. The van der Waals surface area contributed by atoms with Gasteiger partial charge in [-0.1, -0.05) is 109 Å². The minimum Gasteiger partial charge on any atom is -0.481 e. The van der Waals surface area contributed by atoms with Gasteiger partial charge in [0.15, 0.2) is 14.6 Å². The molecule has 0 spiro atoms. The number of carboxylic acids is 1. The molecule has 7 nitrogen and oxygen atoms in total. The molecular weight excluding hydrogens is 693 g/mol. The Labute approximate surface area is 327 Å². The van der Waals surface area contributed by atoms with E-state index in [1.165, 1.54) is 32.1 Å². The van der Waals surface area contributed by atoms with Gasteiger partial charge in [-0.2, -0.15) is 0 Å². The third kappa shape index (κ3) is 11.5. The van der Waals surface area contributed by atoms with Gasteiger partial charge in [0.05, 0.1) is 11.7 Å². The fourth-order valence-corrected chi connectivity index (χ4v) is 10.5. The number of rotatable bonds is 18. The monoisotopic (exact) mass is 762 g/mol. The van der Waals surface area contributed by atoms with Crippen LogP contribution in [0.25, 0.3) is 11.1 Å². The molecule has 1 saturated heterocycles. The first-order valence-electron chi connectivity index (χ1n) is 21.3. The van der Waals surface area contributed by atoms with Crippen molar-refractivity contribution in [1.29, 1.82) is 0 Å². The number of carboxylic acid groups (broad SMARTS) is 1. The van der Waals surface area contributed by atoms with E-state index in [-0.39, 0.29) is 53.4 Å². The van der Waals surface area contributed by atoms with Gasteiger partial charge in [0.25, 0.3) is 0 Å². The predicted octanol–water partition coefficient (Wildman–Crippen LogP) is 12.0. The number of carbonyl (C=O) groups excluding carboxylic acids is 1.